The number of rotatable bonds is 6. The van der Waals surface area contributed by atoms with E-state index < -0.39 is 6.10 Å². The molecule has 0 saturated carbocycles. The Bertz CT molecular complexity index is 135. The minimum atomic E-state index is -0.439. The van der Waals surface area contributed by atoms with E-state index in [9.17, 15) is 0 Å². The molecule has 0 aliphatic carbocycles. The molecule has 0 radical (unpaired) electrons. The van der Waals surface area contributed by atoms with Crippen LogP contribution < -0.4 is 0 Å². The second-order valence-electron chi connectivity index (χ2n) is 2.22. The first-order chi connectivity index (χ1) is 5.31. The Morgan fingerprint density at radius 2 is 2.45 bits per heavy atom. The molecule has 0 heterocycles. The highest BCUT2D eigenvalue weighted by atomic mass is 16.5. The second-order valence-corrected chi connectivity index (χ2v) is 2.22. The third kappa shape index (κ3) is 7.11. The van der Waals surface area contributed by atoms with Crippen LogP contribution in [0.15, 0.2) is 12.7 Å². The van der Waals surface area contributed by atoms with Crippen LogP contribution in [0.1, 0.15) is 12.8 Å². The van der Waals surface area contributed by atoms with Gasteiger partial charge in [-0.3, -0.25) is 0 Å². The van der Waals surface area contributed by atoms with Gasteiger partial charge in [0, 0.05) is 6.42 Å². The van der Waals surface area contributed by atoms with E-state index in [0.29, 0.717) is 26.1 Å². The van der Waals surface area contributed by atoms with E-state index in [1.165, 1.54) is 0 Å². The fraction of sp³-hybridized carbons (Fsp3) is 0.556. The number of terminal acetylenes is 1. The van der Waals surface area contributed by atoms with Crippen molar-refractivity contribution in [1.29, 1.82) is 0 Å². The quantitative estimate of drug-likeness (QED) is 0.351. The number of aliphatic hydroxyl groups is 1. The summed E-state index contributed by atoms with van der Waals surface area (Å²) in [5, 5.41) is 9.15. The average Bonchev–Trinajstić information content (AvgIpc) is 2.01. The number of aliphatic hydroxyl groups excluding tert-OH is 1. The second kappa shape index (κ2) is 7.33. The van der Waals surface area contributed by atoms with Crippen molar-refractivity contribution in [3.63, 3.8) is 0 Å². The summed E-state index contributed by atoms with van der Waals surface area (Å²) < 4.78 is 5.00. The molecule has 0 aromatic carbocycles. The van der Waals surface area contributed by atoms with Crippen molar-refractivity contribution < 1.29 is 9.84 Å². The van der Waals surface area contributed by atoms with Crippen molar-refractivity contribution >= 4 is 0 Å². The molecule has 0 aromatic rings. The average molecular weight is 154 g/mol. The molecule has 0 rings (SSSR count). The van der Waals surface area contributed by atoms with Gasteiger partial charge in [0.2, 0.25) is 0 Å². The van der Waals surface area contributed by atoms with Crippen LogP contribution in [0, 0.1) is 12.3 Å². The normalized spacial score (nSPS) is 12.0. The van der Waals surface area contributed by atoms with Gasteiger partial charge in [-0.2, -0.15) is 0 Å². The summed E-state index contributed by atoms with van der Waals surface area (Å²) in [5.74, 6) is 2.45. The first-order valence-electron chi connectivity index (χ1n) is 3.61. The maximum absolute atomic E-state index is 9.15. The lowest BCUT2D eigenvalue weighted by molar-refractivity contribution is 0.0455. The van der Waals surface area contributed by atoms with E-state index in [1.807, 2.05) is 0 Å². The van der Waals surface area contributed by atoms with E-state index in [-0.39, 0.29) is 0 Å². The van der Waals surface area contributed by atoms with Crippen molar-refractivity contribution in [2.45, 2.75) is 18.9 Å². The van der Waals surface area contributed by atoms with E-state index >= 15 is 0 Å². The van der Waals surface area contributed by atoms with E-state index in [0.717, 1.165) is 0 Å². The van der Waals surface area contributed by atoms with Crippen LogP contribution in [0.4, 0.5) is 0 Å². The van der Waals surface area contributed by atoms with Crippen molar-refractivity contribution in [2.24, 2.45) is 0 Å². The van der Waals surface area contributed by atoms with Gasteiger partial charge in [-0.1, -0.05) is 6.08 Å². The molecule has 1 N–H and O–H groups in total. The molecule has 62 valence electrons. The molecule has 0 amide bonds. The van der Waals surface area contributed by atoms with Gasteiger partial charge in [0.1, 0.15) is 0 Å². The maximum atomic E-state index is 9.15. The van der Waals surface area contributed by atoms with E-state index in [4.69, 9.17) is 16.3 Å². The minimum Gasteiger partial charge on any atom is -0.391 e. The van der Waals surface area contributed by atoms with Gasteiger partial charge in [0.05, 0.1) is 19.3 Å². The Hall–Kier alpha value is -0.780. The highest BCUT2D eigenvalue weighted by Gasteiger charge is 2.01. The van der Waals surface area contributed by atoms with Gasteiger partial charge < -0.3 is 9.84 Å². The highest BCUT2D eigenvalue weighted by Crippen LogP contribution is 1.95. The summed E-state index contributed by atoms with van der Waals surface area (Å²) in [6, 6.07) is 0. The number of hydrogen-bond donors (Lipinski definition) is 1. The van der Waals surface area contributed by atoms with Crippen molar-refractivity contribution in [1.82, 2.24) is 0 Å². The summed E-state index contributed by atoms with van der Waals surface area (Å²) in [6.45, 7) is 4.30. The lowest BCUT2D eigenvalue weighted by atomic mass is 10.2. The van der Waals surface area contributed by atoms with Crippen molar-refractivity contribution in [3.8, 4) is 12.3 Å². The van der Waals surface area contributed by atoms with Crippen LogP contribution >= 0.6 is 0 Å². The summed E-state index contributed by atoms with van der Waals surface area (Å²) >= 11 is 0. The SMILES string of the molecule is C#CCCC(O)COCC=C. The van der Waals surface area contributed by atoms with Crippen LogP contribution in [0.3, 0.4) is 0 Å². The summed E-state index contributed by atoms with van der Waals surface area (Å²) in [6.07, 6.45) is 7.42. The fourth-order valence-corrected chi connectivity index (χ4v) is 0.621. The lowest BCUT2D eigenvalue weighted by Crippen LogP contribution is -2.14. The molecule has 0 spiro atoms. The van der Waals surface area contributed by atoms with Crippen LogP contribution in [0.25, 0.3) is 0 Å². The summed E-state index contributed by atoms with van der Waals surface area (Å²) in [5.41, 5.74) is 0. The Kier molecular flexibility index (Phi) is 6.81. The zero-order chi connectivity index (χ0) is 8.53. The molecule has 2 heteroatoms. The fourth-order valence-electron chi connectivity index (χ4n) is 0.621. The van der Waals surface area contributed by atoms with Gasteiger partial charge in [-0.05, 0) is 6.42 Å². The minimum absolute atomic E-state index is 0.341. The summed E-state index contributed by atoms with van der Waals surface area (Å²) in [4.78, 5) is 0. The molecular weight excluding hydrogens is 140 g/mol. The zero-order valence-electron chi connectivity index (χ0n) is 6.62. The standard InChI is InChI=1S/C9H14O2/c1-3-5-6-9(10)8-11-7-4-2/h1,4,9-10H,2,5-8H2. The molecule has 0 saturated heterocycles. The van der Waals surface area contributed by atoms with Crippen LogP contribution in [0.2, 0.25) is 0 Å². The lowest BCUT2D eigenvalue weighted by Gasteiger charge is -2.07. The highest BCUT2D eigenvalue weighted by molar-refractivity contribution is 4.84. The number of hydrogen-bond acceptors (Lipinski definition) is 2. The molecule has 0 aliphatic rings. The first-order valence-corrected chi connectivity index (χ1v) is 3.61. The van der Waals surface area contributed by atoms with Gasteiger partial charge in [-0.15, -0.1) is 18.9 Å². The largest absolute Gasteiger partial charge is 0.391 e. The Morgan fingerprint density at radius 1 is 1.73 bits per heavy atom. The van der Waals surface area contributed by atoms with Crippen molar-refractivity contribution in [2.75, 3.05) is 13.2 Å². The Labute approximate surface area is 67.9 Å². The van der Waals surface area contributed by atoms with Crippen LogP contribution in [-0.2, 0) is 4.74 Å². The Morgan fingerprint density at radius 3 is 3.00 bits per heavy atom. The molecular formula is C9H14O2. The predicted octanol–water partition coefficient (Wildman–Crippen LogP) is 0.963. The third-order valence-electron chi connectivity index (χ3n) is 1.17. The van der Waals surface area contributed by atoms with Gasteiger partial charge in [-0.25, -0.2) is 0 Å². The summed E-state index contributed by atoms with van der Waals surface area (Å²) in [7, 11) is 0. The molecule has 0 aromatic heterocycles. The number of ether oxygens (including phenoxy) is 1. The first kappa shape index (κ1) is 10.2. The monoisotopic (exact) mass is 154 g/mol. The van der Waals surface area contributed by atoms with E-state index in [2.05, 4.69) is 12.5 Å². The van der Waals surface area contributed by atoms with Gasteiger partial charge in [0.15, 0.2) is 0 Å². The molecule has 0 fully saturated rings. The predicted molar refractivity (Wildman–Crippen MR) is 45.1 cm³/mol. The van der Waals surface area contributed by atoms with Gasteiger partial charge >= 0.3 is 0 Å². The molecule has 1 atom stereocenters. The van der Waals surface area contributed by atoms with E-state index in [1.54, 1.807) is 6.08 Å². The maximum Gasteiger partial charge on any atom is 0.0782 e. The molecule has 2 nitrogen and oxygen atoms in total. The third-order valence-corrected chi connectivity index (χ3v) is 1.17. The molecule has 0 aliphatic heterocycles. The Balaban J connectivity index is 3.16. The van der Waals surface area contributed by atoms with Crippen molar-refractivity contribution in [3.05, 3.63) is 12.7 Å². The zero-order valence-corrected chi connectivity index (χ0v) is 6.62. The van der Waals surface area contributed by atoms with Gasteiger partial charge in [0.25, 0.3) is 0 Å². The smallest absolute Gasteiger partial charge is 0.0782 e. The molecule has 11 heavy (non-hydrogen) atoms. The van der Waals surface area contributed by atoms with Crippen LogP contribution in [-0.4, -0.2) is 24.4 Å². The molecule has 1 unspecified atom stereocenters. The topological polar surface area (TPSA) is 29.5 Å². The molecule has 0 bridgehead atoms. The van der Waals surface area contributed by atoms with Crippen LogP contribution in [0.5, 0.6) is 0 Å².